The van der Waals surface area contributed by atoms with Gasteiger partial charge in [-0.2, -0.15) is 0 Å². The van der Waals surface area contributed by atoms with Gasteiger partial charge in [0, 0.05) is 0 Å². The molecule has 0 aliphatic carbocycles. The SMILES string of the molecule is CCC(C)C1NC(=O)CN(C(C)c2ccc(C)cc2)C1=O. The first kappa shape index (κ1) is 15.5. The second-order valence-electron chi connectivity index (χ2n) is 5.98. The Morgan fingerprint density at radius 2 is 1.86 bits per heavy atom. The Bertz CT molecular complexity index is 524. The molecule has 3 unspecified atom stereocenters. The standard InChI is InChI=1S/C17H24N2O2/c1-5-12(3)16-17(21)19(10-15(20)18-16)13(4)14-8-6-11(2)7-9-14/h6-9,12-13,16H,5,10H2,1-4H3,(H,18,20). The summed E-state index contributed by atoms with van der Waals surface area (Å²) in [4.78, 5) is 26.3. The molecule has 1 aromatic rings. The minimum absolute atomic E-state index is 0.0250. The second-order valence-corrected chi connectivity index (χ2v) is 5.98. The molecule has 2 rings (SSSR count). The van der Waals surface area contributed by atoms with E-state index in [-0.39, 0.29) is 30.3 Å². The third kappa shape index (κ3) is 3.26. The predicted molar refractivity (Wildman–Crippen MR) is 82.7 cm³/mol. The quantitative estimate of drug-likeness (QED) is 0.925. The fraction of sp³-hybridized carbons (Fsp3) is 0.529. The lowest BCUT2D eigenvalue weighted by molar-refractivity contribution is -0.148. The maximum atomic E-state index is 12.7. The second kappa shape index (κ2) is 6.29. The molecule has 1 N–H and O–H groups in total. The van der Waals surface area contributed by atoms with Crippen LogP contribution in [0.1, 0.15) is 44.4 Å². The molecule has 1 heterocycles. The highest BCUT2D eigenvalue weighted by atomic mass is 16.2. The van der Waals surface area contributed by atoms with Gasteiger partial charge in [-0.15, -0.1) is 0 Å². The molecule has 4 nitrogen and oxygen atoms in total. The molecular formula is C17H24N2O2. The van der Waals surface area contributed by atoms with Crippen molar-refractivity contribution in [3.63, 3.8) is 0 Å². The van der Waals surface area contributed by atoms with Crippen LogP contribution in [0.3, 0.4) is 0 Å². The Balaban J connectivity index is 2.22. The van der Waals surface area contributed by atoms with Crippen LogP contribution in [0, 0.1) is 12.8 Å². The average Bonchev–Trinajstić information content (AvgIpc) is 2.48. The number of hydrogen-bond acceptors (Lipinski definition) is 2. The zero-order valence-corrected chi connectivity index (χ0v) is 13.2. The number of carbonyl (C=O) groups excluding carboxylic acids is 2. The molecule has 0 saturated carbocycles. The van der Waals surface area contributed by atoms with Crippen LogP contribution < -0.4 is 5.32 Å². The van der Waals surface area contributed by atoms with E-state index in [0.29, 0.717) is 0 Å². The van der Waals surface area contributed by atoms with E-state index < -0.39 is 6.04 Å². The third-order valence-electron chi connectivity index (χ3n) is 4.42. The molecular weight excluding hydrogens is 264 g/mol. The van der Waals surface area contributed by atoms with Crippen molar-refractivity contribution >= 4 is 11.8 Å². The summed E-state index contributed by atoms with van der Waals surface area (Å²) in [7, 11) is 0. The third-order valence-corrected chi connectivity index (χ3v) is 4.42. The van der Waals surface area contributed by atoms with Crippen molar-refractivity contribution in [2.75, 3.05) is 6.54 Å². The predicted octanol–water partition coefficient (Wildman–Crippen LogP) is 2.43. The van der Waals surface area contributed by atoms with Gasteiger partial charge >= 0.3 is 0 Å². The zero-order valence-electron chi connectivity index (χ0n) is 13.2. The summed E-state index contributed by atoms with van der Waals surface area (Å²) in [6.07, 6.45) is 0.865. The smallest absolute Gasteiger partial charge is 0.246 e. The molecule has 2 amide bonds. The maximum absolute atomic E-state index is 12.7. The van der Waals surface area contributed by atoms with Crippen molar-refractivity contribution < 1.29 is 9.59 Å². The minimum Gasteiger partial charge on any atom is -0.342 e. The molecule has 4 heteroatoms. The van der Waals surface area contributed by atoms with Crippen LogP contribution >= 0.6 is 0 Å². The lowest BCUT2D eigenvalue weighted by atomic mass is 9.94. The van der Waals surface area contributed by atoms with Crippen molar-refractivity contribution in [2.45, 2.75) is 46.2 Å². The summed E-state index contributed by atoms with van der Waals surface area (Å²) in [5, 5.41) is 2.83. The van der Waals surface area contributed by atoms with E-state index >= 15 is 0 Å². The van der Waals surface area contributed by atoms with E-state index in [1.807, 2.05) is 52.0 Å². The number of piperazine rings is 1. The average molecular weight is 288 g/mol. The highest BCUT2D eigenvalue weighted by Crippen LogP contribution is 2.25. The van der Waals surface area contributed by atoms with Gasteiger partial charge in [0.1, 0.15) is 12.6 Å². The van der Waals surface area contributed by atoms with Gasteiger partial charge in [-0.1, -0.05) is 50.1 Å². The Morgan fingerprint density at radius 1 is 1.24 bits per heavy atom. The molecule has 1 aliphatic rings. The van der Waals surface area contributed by atoms with Gasteiger partial charge in [-0.3, -0.25) is 9.59 Å². The molecule has 1 aliphatic heterocycles. The number of benzene rings is 1. The van der Waals surface area contributed by atoms with Crippen LogP contribution in [0.15, 0.2) is 24.3 Å². The Hall–Kier alpha value is -1.84. The van der Waals surface area contributed by atoms with E-state index in [4.69, 9.17) is 0 Å². The largest absolute Gasteiger partial charge is 0.342 e. The number of nitrogens with one attached hydrogen (secondary N) is 1. The molecule has 1 saturated heterocycles. The first-order valence-corrected chi connectivity index (χ1v) is 7.60. The van der Waals surface area contributed by atoms with Gasteiger partial charge in [0.2, 0.25) is 11.8 Å². The van der Waals surface area contributed by atoms with Crippen LogP contribution in [-0.2, 0) is 9.59 Å². The normalized spacial score (nSPS) is 21.9. The molecule has 0 bridgehead atoms. The van der Waals surface area contributed by atoms with E-state index in [1.165, 1.54) is 5.56 Å². The highest BCUT2D eigenvalue weighted by Gasteiger charge is 2.37. The van der Waals surface area contributed by atoms with E-state index in [1.54, 1.807) is 4.90 Å². The van der Waals surface area contributed by atoms with Crippen molar-refractivity contribution in [1.29, 1.82) is 0 Å². The van der Waals surface area contributed by atoms with Crippen LogP contribution in [0.25, 0.3) is 0 Å². The van der Waals surface area contributed by atoms with Crippen LogP contribution in [-0.4, -0.2) is 29.3 Å². The fourth-order valence-electron chi connectivity index (χ4n) is 2.67. The molecule has 3 atom stereocenters. The van der Waals surface area contributed by atoms with E-state index in [0.717, 1.165) is 12.0 Å². The number of aryl methyl sites for hydroxylation is 1. The first-order chi connectivity index (χ1) is 9.93. The van der Waals surface area contributed by atoms with Crippen molar-refractivity contribution in [1.82, 2.24) is 10.2 Å². The Morgan fingerprint density at radius 3 is 2.43 bits per heavy atom. The van der Waals surface area contributed by atoms with Crippen LogP contribution in [0.4, 0.5) is 0 Å². The van der Waals surface area contributed by atoms with E-state index in [2.05, 4.69) is 5.32 Å². The summed E-state index contributed by atoms with van der Waals surface area (Å²) in [5.74, 6) is 0.102. The van der Waals surface area contributed by atoms with Gasteiger partial charge in [-0.05, 0) is 25.3 Å². The molecule has 0 radical (unpaired) electrons. The topological polar surface area (TPSA) is 49.4 Å². The lowest BCUT2D eigenvalue weighted by Gasteiger charge is -2.38. The molecule has 0 spiro atoms. The summed E-state index contributed by atoms with van der Waals surface area (Å²) in [6, 6.07) is 7.63. The number of hydrogen-bond donors (Lipinski definition) is 1. The molecule has 0 aromatic heterocycles. The summed E-state index contributed by atoms with van der Waals surface area (Å²) < 4.78 is 0. The summed E-state index contributed by atoms with van der Waals surface area (Å²) >= 11 is 0. The highest BCUT2D eigenvalue weighted by molar-refractivity contribution is 5.95. The Labute approximate surface area is 126 Å². The van der Waals surface area contributed by atoms with Gasteiger partial charge in [0.15, 0.2) is 0 Å². The lowest BCUT2D eigenvalue weighted by Crippen LogP contribution is -2.60. The van der Waals surface area contributed by atoms with E-state index in [9.17, 15) is 9.59 Å². The summed E-state index contributed by atoms with van der Waals surface area (Å²) in [5.41, 5.74) is 2.25. The molecule has 1 fully saturated rings. The first-order valence-electron chi connectivity index (χ1n) is 7.60. The fourth-order valence-corrected chi connectivity index (χ4v) is 2.67. The molecule has 1 aromatic carbocycles. The summed E-state index contributed by atoms with van der Waals surface area (Å²) in [6.45, 7) is 8.19. The van der Waals surface area contributed by atoms with Gasteiger partial charge in [0.25, 0.3) is 0 Å². The molecule has 114 valence electrons. The molecule has 21 heavy (non-hydrogen) atoms. The maximum Gasteiger partial charge on any atom is 0.246 e. The zero-order chi connectivity index (χ0) is 15.6. The number of nitrogens with zero attached hydrogens (tertiary/aromatic N) is 1. The number of carbonyl (C=O) groups is 2. The van der Waals surface area contributed by atoms with Gasteiger partial charge in [-0.25, -0.2) is 0 Å². The van der Waals surface area contributed by atoms with Crippen LogP contribution in [0.5, 0.6) is 0 Å². The number of amides is 2. The number of rotatable bonds is 4. The van der Waals surface area contributed by atoms with Crippen molar-refractivity contribution in [3.05, 3.63) is 35.4 Å². The van der Waals surface area contributed by atoms with Gasteiger partial charge < -0.3 is 10.2 Å². The monoisotopic (exact) mass is 288 g/mol. The van der Waals surface area contributed by atoms with Crippen molar-refractivity contribution in [3.8, 4) is 0 Å². The van der Waals surface area contributed by atoms with Crippen LogP contribution in [0.2, 0.25) is 0 Å². The van der Waals surface area contributed by atoms with Crippen molar-refractivity contribution in [2.24, 2.45) is 5.92 Å². The Kier molecular flexibility index (Phi) is 4.66. The minimum atomic E-state index is -0.399. The van der Waals surface area contributed by atoms with Gasteiger partial charge in [0.05, 0.1) is 6.04 Å².